The zero-order valence-electron chi connectivity index (χ0n) is 12.6. The van der Waals surface area contributed by atoms with Crippen LogP contribution in [0.2, 0.25) is 0 Å². The number of nitrogens with one attached hydrogen (secondary N) is 1. The fourth-order valence-electron chi connectivity index (χ4n) is 3.96. The minimum absolute atomic E-state index is 0.894. The SMILES string of the molecule is CC1CC(C)CN(CCC(C)C2CCCNC2)C1. The van der Waals surface area contributed by atoms with Crippen molar-refractivity contribution in [1.82, 2.24) is 10.2 Å². The molecule has 2 rings (SSSR count). The number of likely N-dealkylation sites (tertiary alicyclic amines) is 1. The van der Waals surface area contributed by atoms with Gasteiger partial charge in [-0.3, -0.25) is 0 Å². The maximum Gasteiger partial charge on any atom is 0.000724 e. The Bertz CT molecular complexity index is 225. The van der Waals surface area contributed by atoms with Crippen LogP contribution < -0.4 is 5.32 Å². The molecule has 0 aromatic carbocycles. The van der Waals surface area contributed by atoms with Crippen molar-refractivity contribution < 1.29 is 0 Å². The van der Waals surface area contributed by atoms with Crippen LogP contribution >= 0.6 is 0 Å². The van der Waals surface area contributed by atoms with Crippen LogP contribution in [0.3, 0.4) is 0 Å². The summed E-state index contributed by atoms with van der Waals surface area (Å²) in [4.78, 5) is 2.71. The van der Waals surface area contributed by atoms with Gasteiger partial charge in [-0.1, -0.05) is 20.8 Å². The van der Waals surface area contributed by atoms with E-state index in [2.05, 4.69) is 31.0 Å². The molecule has 0 aromatic heterocycles. The molecule has 106 valence electrons. The highest BCUT2D eigenvalue weighted by Crippen LogP contribution is 2.25. The van der Waals surface area contributed by atoms with Crippen molar-refractivity contribution in [1.29, 1.82) is 0 Å². The minimum atomic E-state index is 0.894. The highest BCUT2D eigenvalue weighted by molar-refractivity contribution is 4.78. The molecule has 2 fully saturated rings. The van der Waals surface area contributed by atoms with E-state index in [1.165, 1.54) is 58.4 Å². The first-order chi connectivity index (χ1) is 8.65. The maximum absolute atomic E-state index is 3.55. The lowest BCUT2D eigenvalue weighted by atomic mass is 9.85. The molecule has 0 bridgehead atoms. The van der Waals surface area contributed by atoms with Crippen LogP contribution in [0.15, 0.2) is 0 Å². The smallest absolute Gasteiger partial charge is 0.000724 e. The van der Waals surface area contributed by atoms with E-state index in [0.29, 0.717) is 0 Å². The van der Waals surface area contributed by atoms with Gasteiger partial charge in [-0.15, -0.1) is 0 Å². The summed E-state index contributed by atoms with van der Waals surface area (Å²) in [6.45, 7) is 13.8. The molecule has 0 aromatic rings. The molecule has 2 aliphatic heterocycles. The van der Waals surface area contributed by atoms with Crippen molar-refractivity contribution in [3.05, 3.63) is 0 Å². The molecule has 0 spiro atoms. The largest absolute Gasteiger partial charge is 0.316 e. The second kappa shape index (κ2) is 6.91. The first-order valence-corrected chi connectivity index (χ1v) is 8.08. The molecular formula is C16H32N2. The molecule has 0 aliphatic carbocycles. The Morgan fingerprint density at radius 1 is 1.22 bits per heavy atom. The lowest BCUT2D eigenvalue weighted by Crippen LogP contribution is -2.40. The van der Waals surface area contributed by atoms with E-state index < -0.39 is 0 Å². The average molecular weight is 252 g/mol. The molecule has 4 unspecified atom stereocenters. The van der Waals surface area contributed by atoms with Gasteiger partial charge in [-0.2, -0.15) is 0 Å². The minimum Gasteiger partial charge on any atom is -0.316 e. The van der Waals surface area contributed by atoms with Crippen molar-refractivity contribution in [2.75, 3.05) is 32.7 Å². The molecule has 18 heavy (non-hydrogen) atoms. The molecule has 0 radical (unpaired) electrons. The van der Waals surface area contributed by atoms with Crippen LogP contribution in [0.25, 0.3) is 0 Å². The molecule has 2 heterocycles. The fraction of sp³-hybridized carbons (Fsp3) is 1.00. The Morgan fingerprint density at radius 2 is 1.94 bits per heavy atom. The van der Waals surface area contributed by atoms with E-state index in [1.54, 1.807) is 0 Å². The Labute approximate surface area is 114 Å². The van der Waals surface area contributed by atoms with Crippen LogP contribution in [0.5, 0.6) is 0 Å². The fourth-order valence-corrected chi connectivity index (χ4v) is 3.96. The molecule has 0 amide bonds. The van der Waals surface area contributed by atoms with Gasteiger partial charge >= 0.3 is 0 Å². The van der Waals surface area contributed by atoms with E-state index in [1.807, 2.05) is 0 Å². The summed E-state index contributed by atoms with van der Waals surface area (Å²) in [7, 11) is 0. The number of rotatable bonds is 4. The van der Waals surface area contributed by atoms with Gasteiger partial charge in [0.2, 0.25) is 0 Å². The maximum atomic E-state index is 3.55. The van der Waals surface area contributed by atoms with E-state index in [9.17, 15) is 0 Å². The van der Waals surface area contributed by atoms with E-state index in [-0.39, 0.29) is 0 Å². The quantitative estimate of drug-likeness (QED) is 0.827. The molecule has 2 aliphatic rings. The number of hydrogen-bond acceptors (Lipinski definition) is 2. The van der Waals surface area contributed by atoms with Crippen LogP contribution in [0.1, 0.15) is 46.5 Å². The Morgan fingerprint density at radius 3 is 2.56 bits per heavy atom. The molecule has 0 saturated carbocycles. The van der Waals surface area contributed by atoms with Crippen LogP contribution in [0.4, 0.5) is 0 Å². The van der Waals surface area contributed by atoms with E-state index in [0.717, 1.165) is 23.7 Å². The Hall–Kier alpha value is -0.0800. The van der Waals surface area contributed by atoms with Crippen LogP contribution in [0, 0.1) is 23.7 Å². The summed E-state index contributed by atoms with van der Waals surface area (Å²) in [5.74, 6) is 3.63. The molecule has 1 N–H and O–H groups in total. The molecule has 2 heteroatoms. The van der Waals surface area contributed by atoms with Crippen molar-refractivity contribution in [3.63, 3.8) is 0 Å². The van der Waals surface area contributed by atoms with Gasteiger partial charge < -0.3 is 10.2 Å². The van der Waals surface area contributed by atoms with Gasteiger partial charge in [0.25, 0.3) is 0 Å². The van der Waals surface area contributed by atoms with E-state index in [4.69, 9.17) is 0 Å². The summed E-state index contributed by atoms with van der Waals surface area (Å²) in [6, 6.07) is 0. The predicted molar refractivity (Wildman–Crippen MR) is 78.8 cm³/mol. The summed E-state index contributed by atoms with van der Waals surface area (Å²) in [5, 5.41) is 3.55. The predicted octanol–water partition coefficient (Wildman–Crippen LogP) is 2.99. The van der Waals surface area contributed by atoms with Crippen LogP contribution in [-0.2, 0) is 0 Å². The lowest BCUT2D eigenvalue weighted by molar-refractivity contribution is 0.126. The highest BCUT2D eigenvalue weighted by Gasteiger charge is 2.24. The topological polar surface area (TPSA) is 15.3 Å². The van der Waals surface area contributed by atoms with Gasteiger partial charge in [-0.05, 0) is 69.0 Å². The second-order valence-electron chi connectivity index (χ2n) is 7.08. The Balaban J connectivity index is 1.69. The summed E-state index contributed by atoms with van der Waals surface area (Å²) in [5.41, 5.74) is 0. The first kappa shape index (κ1) is 14.3. The molecule has 4 atom stereocenters. The first-order valence-electron chi connectivity index (χ1n) is 8.08. The summed E-state index contributed by atoms with van der Waals surface area (Å²) >= 11 is 0. The number of piperidine rings is 2. The van der Waals surface area contributed by atoms with Gasteiger partial charge in [0.15, 0.2) is 0 Å². The molecular weight excluding hydrogens is 220 g/mol. The van der Waals surface area contributed by atoms with Crippen molar-refractivity contribution in [2.45, 2.75) is 46.5 Å². The molecule has 2 saturated heterocycles. The normalized spacial score (nSPS) is 36.5. The van der Waals surface area contributed by atoms with Gasteiger partial charge in [-0.25, -0.2) is 0 Å². The van der Waals surface area contributed by atoms with Crippen molar-refractivity contribution in [2.24, 2.45) is 23.7 Å². The third-order valence-corrected chi connectivity index (χ3v) is 4.98. The lowest BCUT2D eigenvalue weighted by Gasteiger charge is -2.36. The van der Waals surface area contributed by atoms with Gasteiger partial charge in [0, 0.05) is 13.1 Å². The van der Waals surface area contributed by atoms with Crippen molar-refractivity contribution >= 4 is 0 Å². The third-order valence-electron chi connectivity index (χ3n) is 4.98. The van der Waals surface area contributed by atoms with Gasteiger partial charge in [0.1, 0.15) is 0 Å². The van der Waals surface area contributed by atoms with E-state index >= 15 is 0 Å². The second-order valence-corrected chi connectivity index (χ2v) is 7.08. The number of hydrogen-bond donors (Lipinski definition) is 1. The average Bonchev–Trinajstić information content (AvgIpc) is 2.36. The standard InChI is InChI=1S/C16H32N2/c1-13-9-14(2)12-18(11-13)8-6-15(3)16-5-4-7-17-10-16/h13-17H,4-12H2,1-3H3. The summed E-state index contributed by atoms with van der Waals surface area (Å²) in [6.07, 6.45) is 5.65. The van der Waals surface area contributed by atoms with Crippen LogP contribution in [-0.4, -0.2) is 37.6 Å². The zero-order chi connectivity index (χ0) is 13.0. The molecule has 2 nitrogen and oxygen atoms in total. The van der Waals surface area contributed by atoms with Gasteiger partial charge in [0.05, 0.1) is 0 Å². The van der Waals surface area contributed by atoms with Crippen molar-refractivity contribution in [3.8, 4) is 0 Å². The number of nitrogens with zero attached hydrogens (tertiary/aromatic N) is 1. The summed E-state index contributed by atoms with van der Waals surface area (Å²) < 4.78 is 0. The zero-order valence-corrected chi connectivity index (χ0v) is 12.6. The monoisotopic (exact) mass is 252 g/mol. The third kappa shape index (κ3) is 4.24. The highest BCUT2D eigenvalue weighted by atomic mass is 15.1. The Kier molecular flexibility index (Phi) is 5.50.